The normalized spacial score (nSPS) is 18.7. The van der Waals surface area contributed by atoms with Crippen molar-refractivity contribution in [3.05, 3.63) is 25.3 Å². The molecular weight excluding hydrogens is 264 g/mol. The number of rotatable bonds is 3. The largest absolute Gasteiger partial charge is 0.400 e. The quantitative estimate of drug-likeness (QED) is 0.766. The average Bonchev–Trinajstić information content (AvgIpc) is 2.60. The number of aliphatic hydroxyl groups is 2. The number of allylic oxidation sites excluding steroid dienone is 2. The molecule has 0 radical (unpaired) electrons. The fourth-order valence-corrected chi connectivity index (χ4v) is 2.67. The Balaban J connectivity index is 0. The molecule has 0 spiro atoms. The first-order chi connectivity index (χ1) is 10.4. The second-order valence-electron chi connectivity index (χ2n) is 5.13. The van der Waals surface area contributed by atoms with Gasteiger partial charge in [-0.3, -0.25) is 0 Å². The predicted octanol–water partition coefficient (Wildman–Crippen LogP) is 4.24. The lowest BCUT2D eigenvalue weighted by molar-refractivity contribution is -0.0450. The maximum Gasteiger partial charge on any atom is 0.0578 e. The number of hydrogen-bond donors (Lipinski definition) is 2. The lowest BCUT2D eigenvalue weighted by atomic mass is 9.95. The molecule has 126 valence electrons. The summed E-state index contributed by atoms with van der Waals surface area (Å²) in [4.78, 5) is 0. The van der Waals surface area contributed by atoms with Crippen LogP contribution in [0.4, 0.5) is 0 Å². The fraction of sp³-hybridized carbons (Fsp3) is 0.778. The summed E-state index contributed by atoms with van der Waals surface area (Å²) in [6.45, 7) is 6.72. The molecule has 0 bridgehead atoms. The molecule has 0 amide bonds. The van der Waals surface area contributed by atoms with Crippen molar-refractivity contribution in [3.8, 4) is 0 Å². The molecule has 2 aliphatic carbocycles. The van der Waals surface area contributed by atoms with Gasteiger partial charge in [0.05, 0.1) is 12.2 Å². The highest BCUT2D eigenvalue weighted by Gasteiger charge is 2.20. The van der Waals surface area contributed by atoms with Gasteiger partial charge in [-0.05, 0) is 25.7 Å². The Bertz CT molecular complexity index is 183. The van der Waals surface area contributed by atoms with E-state index in [9.17, 15) is 0 Å². The van der Waals surface area contributed by atoms with Crippen molar-refractivity contribution in [2.24, 2.45) is 0 Å². The van der Waals surface area contributed by atoms with Crippen molar-refractivity contribution in [2.75, 3.05) is 14.2 Å². The molecule has 0 aromatic rings. The number of hydrogen-bond acceptors (Lipinski definition) is 3. The van der Waals surface area contributed by atoms with E-state index >= 15 is 0 Å². The standard InChI is InChI=1S/C12H22O.C4H6.2CH4O/c1-3-7-11(8-4-1)13-12-9-5-2-6-10-12;1-3-4-2;2*1-2/h11-12H,1-10H2;3-4H,1-2H2;2*2H,1H3. The fourth-order valence-electron chi connectivity index (χ4n) is 2.67. The van der Waals surface area contributed by atoms with Crippen LogP contribution >= 0.6 is 0 Å². The number of aliphatic hydroxyl groups excluding tert-OH is 2. The van der Waals surface area contributed by atoms with Gasteiger partial charge in [0.15, 0.2) is 0 Å². The Morgan fingerprint density at radius 3 is 1.19 bits per heavy atom. The molecule has 0 aliphatic heterocycles. The topological polar surface area (TPSA) is 49.7 Å². The molecule has 0 aromatic heterocycles. The predicted molar refractivity (Wildman–Crippen MR) is 91.5 cm³/mol. The van der Waals surface area contributed by atoms with Gasteiger partial charge in [0.2, 0.25) is 0 Å². The molecular formula is C18H36O3. The van der Waals surface area contributed by atoms with E-state index in [1.165, 1.54) is 64.2 Å². The van der Waals surface area contributed by atoms with Crippen LogP contribution in [0.3, 0.4) is 0 Å². The summed E-state index contributed by atoms with van der Waals surface area (Å²) in [5.74, 6) is 0. The minimum absolute atomic E-state index is 0.622. The lowest BCUT2D eigenvalue weighted by Crippen LogP contribution is -2.25. The molecule has 2 N–H and O–H groups in total. The van der Waals surface area contributed by atoms with Crippen molar-refractivity contribution in [2.45, 2.75) is 76.4 Å². The molecule has 2 aliphatic rings. The van der Waals surface area contributed by atoms with E-state index in [2.05, 4.69) is 13.2 Å². The number of ether oxygens (including phenoxy) is 1. The highest BCUT2D eigenvalue weighted by atomic mass is 16.5. The molecule has 0 atom stereocenters. The van der Waals surface area contributed by atoms with Gasteiger partial charge in [-0.15, -0.1) is 0 Å². The molecule has 0 aromatic carbocycles. The summed E-state index contributed by atoms with van der Waals surface area (Å²) in [5, 5.41) is 14.0. The first-order valence-corrected chi connectivity index (χ1v) is 8.15. The molecule has 2 saturated carbocycles. The Labute approximate surface area is 131 Å². The van der Waals surface area contributed by atoms with Crippen LogP contribution in [0.1, 0.15) is 64.2 Å². The smallest absolute Gasteiger partial charge is 0.0578 e. The Hall–Kier alpha value is -0.640. The molecule has 2 fully saturated rings. The minimum Gasteiger partial charge on any atom is -0.400 e. The first-order valence-electron chi connectivity index (χ1n) is 8.15. The van der Waals surface area contributed by atoms with E-state index in [0.29, 0.717) is 12.2 Å². The third-order valence-corrected chi connectivity index (χ3v) is 3.66. The van der Waals surface area contributed by atoms with Crippen LogP contribution in [0, 0.1) is 0 Å². The maximum absolute atomic E-state index is 7.00. The van der Waals surface area contributed by atoms with Crippen LogP contribution in [0.2, 0.25) is 0 Å². The summed E-state index contributed by atoms with van der Waals surface area (Å²) in [7, 11) is 2.00. The Kier molecular flexibility index (Phi) is 20.9. The highest BCUT2D eigenvalue weighted by molar-refractivity contribution is 4.88. The van der Waals surface area contributed by atoms with E-state index < -0.39 is 0 Å². The third-order valence-electron chi connectivity index (χ3n) is 3.66. The summed E-state index contributed by atoms with van der Waals surface area (Å²) < 4.78 is 6.13. The lowest BCUT2D eigenvalue weighted by Gasteiger charge is -2.29. The van der Waals surface area contributed by atoms with Gasteiger partial charge in [0.25, 0.3) is 0 Å². The summed E-state index contributed by atoms with van der Waals surface area (Å²) in [6.07, 6.45) is 18.3. The molecule has 21 heavy (non-hydrogen) atoms. The van der Waals surface area contributed by atoms with Crippen molar-refractivity contribution < 1.29 is 14.9 Å². The van der Waals surface area contributed by atoms with E-state index in [1.54, 1.807) is 12.2 Å². The van der Waals surface area contributed by atoms with Gasteiger partial charge >= 0.3 is 0 Å². The van der Waals surface area contributed by atoms with Crippen molar-refractivity contribution in [1.82, 2.24) is 0 Å². The van der Waals surface area contributed by atoms with Crippen LogP contribution in [0.5, 0.6) is 0 Å². The molecule has 2 rings (SSSR count). The van der Waals surface area contributed by atoms with E-state index in [1.807, 2.05) is 0 Å². The van der Waals surface area contributed by atoms with Crippen LogP contribution in [0.15, 0.2) is 25.3 Å². The minimum atomic E-state index is 0.622. The van der Waals surface area contributed by atoms with Crippen molar-refractivity contribution in [1.29, 1.82) is 0 Å². The molecule has 0 saturated heterocycles. The van der Waals surface area contributed by atoms with Crippen molar-refractivity contribution in [3.63, 3.8) is 0 Å². The van der Waals surface area contributed by atoms with E-state index in [0.717, 1.165) is 14.2 Å². The molecule has 0 heterocycles. The van der Waals surface area contributed by atoms with Gasteiger partial charge in [-0.1, -0.05) is 63.8 Å². The molecule has 0 unspecified atom stereocenters. The molecule has 3 nitrogen and oxygen atoms in total. The second-order valence-corrected chi connectivity index (χ2v) is 5.13. The van der Waals surface area contributed by atoms with Gasteiger partial charge in [0, 0.05) is 14.2 Å². The zero-order chi connectivity index (χ0) is 16.3. The second kappa shape index (κ2) is 19.4. The zero-order valence-corrected chi connectivity index (χ0v) is 14.1. The van der Waals surface area contributed by atoms with Crippen LogP contribution in [-0.2, 0) is 4.74 Å². The van der Waals surface area contributed by atoms with Gasteiger partial charge in [-0.2, -0.15) is 0 Å². The summed E-state index contributed by atoms with van der Waals surface area (Å²) in [5.41, 5.74) is 0. The monoisotopic (exact) mass is 300 g/mol. The van der Waals surface area contributed by atoms with Crippen molar-refractivity contribution >= 4 is 0 Å². The van der Waals surface area contributed by atoms with Crippen LogP contribution in [0.25, 0.3) is 0 Å². The maximum atomic E-state index is 7.00. The summed E-state index contributed by atoms with van der Waals surface area (Å²) in [6, 6.07) is 0. The van der Waals surface area contributed by atoms with E-state index in [-0.39, 0.29) is 0 Å². The molecule has 3 heteroatoms. The van der Waals surface area contributed by atoms with Crippen LogP contribution in [-0.4, -0.2) is 36.6 Å². The third kappa shape index (κ3) is 14.1. The Morgan fingerprint density at radius 2 is 0.952 bits per heavy atom. The zero-order valence-electron chi connectivity index (χ0n) is 14.1. The van der Waals surface area contributed by atoms with Gasteiger partial charge in [-0.25, -0.2) is 0 Å². The summed E-state index contributed by atoms with van der Waals surface area (Å²) >= 11 is 0. The first kappa shape index (κ1) is 22.6. The SMILES string of the molecule is C1CCC(OC2CCCCC2)CC1.C=CC=C.CO.CO. The van der Waals surface area contributed by atoms with Gasteiger partial charge in [0.1, 0.15) is 0 Å². The Morgan fingerprint density at radius 1 is 0.667 bits per heavy atom. The van der Waals surface area contributed by atoms with E-state index in [4.69, 9.17) is 14.9 Å². The van der Waals surface area contributed by atoms with Gasteiger partial charge < -0.3 is 14.9 Å². The average molecular weight is 300 g/mol. The highest BCUT2D eigenvalue weighted by Crippen LogP contribution is 2.26. The van der Waals surface area contributed by atoms with Crippen LogP contribution < -0.4 is 0 Å².